The molecule has 122 valence electrons. The fourth-order valence-electron chi connectivity index (χ4n) is 2.57. The number of thiazole rings is 1. The molecule has 1 fully saturated rings. The Labute approximate surface area is 139 Å². The SMILES string of the molecule is Cc1nc(C)c(C(=O)NCc2cnc([C@@H]3CCCCO3)nc2)s1. The highest BCUT2D eigenvalue weighted by molar-refractivity contribution is 7.13. The van der Waals surface area contributed by atoms with E-state index in [1.165, 1.54) is 11.3 Å². The summed E-state index contributed by atoms with van der Waals surface area (Å²) < 4.78 is 5.68. The van der Waals surface area contributed by atoms with E-state index in [9.17, 15) is 4.79 Å². The number of carbonyl (C=O) groups is 1. The van der Waals surface area contributed by atoms with Crippen LogP contribution in [0.4, 0.5) is 0 Å². The number of nitrogens with one attached hydrogen (secondary N) is 1. The van der Waals surface area contributed by atoms with Crippen molar-refractivity contribution in [3.05, 3.63) is 39.4 Å². The molecule has 2 aromatic rings. The van der Waals surface area contributed by atoms with Crippen LogP contribution in [0.25, 0.3) is 0 Å². The van der Waals surface area contributed by atoms with E-state index < -0.39 is 0 Å². The van der Waals surface area contributed by atoms with Crippen molar-refractivity contribution >= 4 is 17.2 Å². The molecule has 6 nitrogen and oxygen atoms in total. The van der Waals surface area contributed by atoms with Crippen molar-refractivity contribution < 1.29 is 9.53 Å². The molecule has 1 aliphatic rings. The molecule has 0 unspecified atom stereocenters. The predicted octanol–water partition coefficient (Wildman–Crippen LogP) is 2.72. The van der Waals surface area contributed by atoms with Gasteiger partial charge in [-0.1, -0.05) is 0 Å². The predicted molar refractivity (Wildman–Crippen MR) is 87.3 cm³/mol. The van der Waals surface area contributed by atoms with Gasteiger partial charge in [-0.2, -0.15) is 0 Å². The van der Waals surface area contributed by atoms with E-state index in [2.05, 4.69) is 20.3 Å². The molecule has 1 amide bonds. The van der Waals surface area contributed by atoms with Crippen molar-refractivity contribution in [1.82, 2.24) is 20.3 Å². The highest BCUT2D eigenvalue weighted by Gasteiger charge is 2.18. The van der Waals surface area contributed by atoms with Gasteiger partial charge in [0.1, 0.15) is 11.0 Å². The lowest BCUT2D eigenvalue weighted by Gasteiger charge is -2.21. The fourth-order valence-corrected chi connectivity index (χ4v) is 3.41. The van der Waals surface area contributed by atoms with Crippen molar-refractivity contribution in [3.63, 3.8) is 0 Å². The molecule has 0 radical (unpaired) electrons. The van der Waals surface area contributed by atoms with Crippen LogP contribution in [0.5, 0.6) is 0 Å². The van der Waals surface area contributed by atoms with Crippen LogP contribution in [0, 0.1) is 13.8 Å². The molecule has 1 saturated heterocycles. The average molecular weight is 332 g/mol. The quantitative estimate of drug-likeness (QED) is 0.931. The average Bonchev–Trinajstić information content (AvgIpc) is 2.92. The molecule has 0 saturated carbocycles. The first-order chi connectivity index (χ1) is 11.1. The van der Waals surface area contributed by atoms with Gasteiger partial charge in [-0.25, -0.2) is 15.0 Å². The van der Waals surface area contributed by atoms with E-state index >= 15 is 0 Å². The lowest BCUT2D eigenvalue weighted by molar-refractivity contribution is 0.00940. The van der Waals surface area contributed by atoms with Gasteiger partial charge >= 0.3 is 0 Å². The molecule has 2 aromatic heterocycles. The molecule has 0 spiro atoms. The molecule has 0 aromatic carbocycles. The Balaban J connectivity index is 1.58. The zero-order valence-corrected chi connectivity index (χ0v) is 14.2. The number of aromatic nitrogens is 3. The second kappa shape index (κ2) is 7.14. The first-order valence-electron chi connectivity index (χ1n) is 7.78. The molecule has 3 rings (SSSR count). The highest BCUT2D eigenvalue weighted by atomic mass is 32.1. The number of carbonyl (C=O) groups excluding carboxylic acids is 1. The van der Waals surface area contributed by atoms with Crippen LogP contribution in [-0.2, 0) is 11.3 Å². The Morgan fingerprint density at radius 1 is 1.35 bits per heavy atom. The molecule has 1 atom stereocenters. The third-order valence-electron chi connectivity index (χ3n) is 3.76. The Morgan fingerprint density at radius 3 is 2.74 bits per heavy atom. The van der Waals surface area contributed by atoms with E-state index in [0.29, 0.717) is 11.4 Å². The van der Waals surface area contributed by atoms with Gasteiger partial charge in [-0.3, -0.25) is 4.79 Å². The van der Waals surface area contributed by atoms with Crippen molar-refractivity contribution in [1.29, 1.82) is 0 Å². The smallest absolute Gasteiger partial charge is 0.263 e. The largest absolute Gasteiger partial charge is 0.370 e. The van der Waals surface area contributed by atoms with Crippen LogP contribution in [-0.4, -0.2) is 27.5 Å². The van der Waals surface area contributed by atoms with Gasteiger partial charge in [0.25, 0.3) is 5.91 Å². The monoisotopic (exact) mass is 332 g/mol. The van der Waals surface area contributed by atoms with E-state index in [4.69, 9.17) is 4.74 Å². The Hall–Kier alpha value is -1.86. The summed E-state index contributed by atoms with van der Waals surface area (Å²) in [7, 11) is 0. The van der Waals surface area contributed by atoms with E-state index in [1.54, 1.807) is 12.4 Å². The number of rotatable bonds is 4. The van der Waals surface area contributed by atoms with Gasteiger partial charge in [-0.15, -0.1) is 11.3 Å². The molecule has 3 heterocycles. The third-order valence-corrected chi connectivity index (χ3v) is 4.83. The zero-order chi connectivity index (χ0) is 16.2. The number of ether oxygens (including phenoxy) is 1. The summed E-state index contributed by atoms with van der Waals surface area (Å²) in [5.41, 5.74) is 1.64. The summed E-state index contributed by atoms with van der Waals surface area (Å²) in [5.74, 6) is 0.626. The Bertz CT molecular complexity index is 678. The van der Waals surface area contributed by atoms with Crippen LogP contribution in [0.2, 0.25) is 0 Å². The molecule has 7 heteroatoms. The van der Waals surface area contributed by atoms with Gasteiger partial charge < -0.3 is 10.1 Å². The molecule has 1 aliphatic heterocycles. The topological polar surface area (TPSA) is 77.0 Å². The van der Waals surface area contributed by atoms with E-state index in [-0.39, 0.29) is 12.0 Å². The van der Waals surface area contributed by atoms with Crippen LogP contribution in [0.1, 0.15) is 57.1 Å². The highest BCUT2D eigenvalue weighted by Crippen LogP contribution is 2.24. The minimum absolute atomic E-state index is 0.00945. The molecular weight excluding hydrogens is 312 g/mol. The van der Waals surface area contributed by atoms with Crippen LogP contribution in [0.3, 0.4) is 0 Å². The number of nitrogens with zero attached hydrogens (tertiary/aromatic N) is 3. The van der Waals surface area contributed by atoms with E-state index in [1.807, 2.05) is 13.8 Å². The number of amides is 1. The minimum Gasteiger partial charge on any atom is -0.370 e. The van der Waals surface area contributed by atoms with Crippen LogP contribution >= 0.6 is 11.3 Å². The zero-order valence-electron chi connectivity index (χ0n) is 13.3. The minimum atomic E-state index is -0.104. The Morgan fingerprint density at radius 2 is 2.13 bits per heavy atom. The number of aryl methyl sites for hydroxylation is 2. The second-order valence-corrected chi connectivity index (χ2v) is 6.84. The fraction of sp³-hybridized carbons (Fsp3) is 0.500. The normalized spacial score (nSPS) is 17.9. The van der Waals surface area contributed by atoms with E-state index in [0.717, 1.165) is 48.0 Å². The van der Waals surface area contributed by atoms with Crippen LogP contribution < -0.4 is 5.32 Å². The Kier molecular flexibility index (Phi) is 4.97. The second-order valence-electron chi connectivity index (χ2n) is 5.63. The van der Waals surface area contributed by atoms with Crippen molar-refractivity contribution in [2.45, 2.75) is 45.8 Å². The maximum atomic E-state index is 12.2. The summed E-state index contributed by atoms with van der Waals surface area (Å²) in [6, 6.07) is 0. The molecule has 0 aliphatic carbocycles. The van der Waals surface area contributed by atoms with Crippen LogP contribution in [0.15, 0.2) is 12.4 Å². The number of hydrogen-bond acceptors (Lipinski definition) is 6. The standard InChI is InChI=1S/C16H20N4O2S/c1-10-14(23-11(2)20-10)16(21)19-9-12-7-17-15(18-8-12)13-5-3-4-6-22-13/h7-8,13H,3-6,9H2,1-2H3,(H,19,21)/t13-/m0/s1. The number of hydrogen-bond donors (Lipinski definition) is 1. The molecular formula is C16H20N4O2S. The van der Waals surface area contributed by atoms with Crippen molar-refractivity contribution in [2.24, 2.45) is 0 Å². The molecule has 1 N–H and O–H groups in total. The summed E-state index contributed by atoms with van der Waals surface area (Å²) in [4.78, 5) is 25.9. The first-order valence-corrected chi connectivity index (χ1v) is 8.60. The maximum absolute atomic E-state index is 12.2. The maximum Gasteiger partial charge on any atom is 0.263 e. The molecule has 23 heavy (non-hydrogen) atoms. The lowest BCUT2D eigenvalue weighted by Crippen LogP contribution is -2.23. The third kappa shape index (κ3) is 3.92. The summed E-state index contributed by atoms with van der Waals surface area (Å²) in [6.07, 6.45) is 6.75. The first kappa shape index (κ1) is 16.0. The summed E-state index contributed by atoms with van der Waals surface area (Å²) in [5, 5.41) is 3.78. The van der Waals surface area contributed by atoms with Gasteiger partial charge in [0.15, 0.2) is 5.82 Å². The summed E-state index contributed by atoms with van der Waals surface area (Å²) >= 11 is 1.41. The van der Waals surface area contributed by atoms with Crippen molar-refractivity contribution in [3.8, 4) is 0 Å². The van der Waals surface area contributed by atoms with Crippen molar-refractivity contribution in [2.75, 3.05) is 6.61 Å². The lowest BCUT2D eigenvalue weighted by atomic mass is 10.1. The summed E-state index contributed by atoms with van der Waals surface area (Å²) in [6.45, 7) is 4.93. The van der Waals surface area contributed by atoms with Gasteiger partial charge in [0.2, 0.25) is 0 Å². The van der Waals surface area contributed by atoms with Gasteiger partial charge in [-0.05, 0) is 33.1 Å². The van der Waals surface area contributed by atoms with Gasteiger partial charge in [0.05, 0.1) is 10.7 Å². The van der Waals surface area contributed by atoms with Gasteiger partial charge in [0, 0.05) is 31.1 Å². The molecule has 0 bridgehead atoms.